The summed E-state index contributed by atoms with van der Waals surface area (Å²) in [5.74, 6) is 0.684. The van der Waals surface area contributed by atoms with Crippen LogP contribution < -0.4 is 19.5 Å². The van der Waals surface area contributed by atoms with Crippen molar-refractivity contribution in [3.8, 4) is 11.5 Å². The number of rotatable bonds is 7. The van der Waals surface area contributed by atoms with Crippen LogP contribution in [0.15, 0.2) is 65.6 Å². The van der Waals surface area contributed by atoms with Crippen molar-refractivity contribution in [2.45, 2.75) is 11.8 Å². The van der Waals surface area contributed by atoms with Crippen LogP contribution in [0.2, 0.25) is 0 Å². The van der Waals surface area contributed by atoms with Crippen molar-refractivity contribution < 1.29 is 22.3 Å². The van der Waals surface area contributed by atoms with E-state index in [4.69, 9.17) is 9.47 Å². The van der Waals surface area contributed by atoms with Gasteiger partial charge in [-0.2, -0.15) is 0 Å². The molecule has 0 aliphatic carbocycles. The van der Waals surface area contributed by atoms with Gasteiger partial charge in [0.15, 0.2) is 11.6 Å². The molecule has 3 aromatic carbocycles. The zero-order chi connectivity index (χ0) is 23.6. The largest absolute Gasteiger partial charge is 0.497 e. The van der Waals surface area contributed by atoms with Crippen LogP contribution >= 0.6 is 0 Å². The molecule has 0 radical (unpaired) electrons. The van der Waals surface area contributed by atoms with E-state index in [1.807, 2.05) is 0 Å². The second kappa shape index (κ2) is 8.91. The summed E-state index contributed by atoms with van der Waals surface area (Å²) < 4.78 is 52.8. The van der Waals surface area contributed by atoms with Crippen molar-refractivity contribution in [1.29, 1.82) is 0 Å². The van der Waals surface area contributed by atoms with E-state index in [0.29, 0.717) is 28.2 Å². The standard InChI is InChI=1S/C23H21FN4O4S/c1-14-12-15(24)8-11-21(14)33(29,30)28-23-22(25-17-6-4-5-7-18(17)26-23)27-19-10-9-16(31-2)13-20(19)32-3/h4-13H,1-3H3,(H,25,27)(H,26,28). The third kappa shape index (κ3) is 4.65. The molecule has 2 N–H and O–H groups in total. The Kier molecular flexibility index (Phi) is 6.01. The maximum atomic E-state index is 13.5. The predicted octanol–water partition coefficient (Wildman–Crippen LogP) is 4.64. The smallest absolute Gasteiger partial charge is 0.263 e. The predicted molar refractivity (Wildman–Crippen MR) is 124 cm³/mol. The zero-order valence-corrected chi connectivity index (χ0v) is 18.9. The number of aromatic nitrogens is 2. The van der Waals surface area contributed by atoms with Gasteiger partial charge >= 0.3 is 0 Å². The first-order valence-corrected chi connectivity index (χ1v) is 11.3. The molecular formula is C23H21FN4O4S. The van der Waals surface area contributed by atoms with Gasteiger partial charge < -0.3 is 14.8 Å². The number of ether oxygens (including phenoxy) is 2. The van der Waals surface area contributed by atoms with Gasteiger partial charge in [0.25, 0.3) is 10.0 Å². The van der Waals surface area contributed by atoms with Gasteiger partial charge in [0.1, 0.15) is 17.3 Å². The van der Waals surface area contributed by atoms with E-state index >= 15 is 0 Å². The number of para-hydroxylation sites is 2. The first-order chi connectivity index (χ1) is 15.8. The molecule has 0 saturated carbocycles. The second-order valence-electron chi connectivity index (χ2n) is 7.12. The number of aryl methyl sites for hydroxylation is 1. The Morgan fingerprint density at radius 1 is 0.879 bits per heavy atom. The topological polar surface area (TPSA) is 102 Å². The fraction of sp³-hybridized carbons (Fsp3) is 0.130. The normalized spacial score (nSPS) is 11.3. The van der Waals surface area contributed by atoms with Gasteiger partial charge in [-0.3, -0.25) is 4.72 Å². The van der Waals surface area contributed by atoms with E-state index < -0.39 is 15.8 Å². The Morgan fingerprint density at radius 3 is 2.21 bits per heavy atom. The fourth-order valence-corrected chi connectivity index (χ4v) is 4.52. The highest BCUT2D eigenvalue weighted by atomic mass is 32.2. The lowest BCUT2D eigenvalue weighted by Gasteiger charge is -2.16. The van der Waals surface area contributed by atoms with Gasteiger partial charge in [0.2, 0.25) is 0 Å². The quantitative estimate of drug-likeness (QED) is 0.407. The average Bonchev–Trinajstić information content (AvgIpc) is 2.79. The molecule has 0 unspecified atom stereocenters. The Bertz CT molecular complexity index is 1440. The van der Waals surface area contributed by atoms with Crippen molar-refractivity contribution in [3.05, 3.63) is 72.0 Å². The van der Waals surface area contributed by atoms with E-state index in [0.717, 1.165) is 12.1 Å². The summed E-state index contributed by atoms with van der Waals surface area (Å²) in [6.45, 7) is 1.52. The lowest BCUT2D eigenvalue weighted by molar-refractivity contribution is 0.395. The Labute approximate surface area is 190 Å². The molecule has 10 heteroatoms. The number of fused-ring (bicyclic) bond motifs is 1. The van der Waals surface area contributed by atoms with E-state index in [1.165, 1.54) is 20.1 Å². The Balaban J connectivity index is 1.80. The fourth-order valence-electron chi connectivity index (χ4n) is 3.28. The molecule has 8 nitrogen and oxygen atoms in total. The zero-order valence-electron chi connectivity index (χ0n) is 18.1. The van der Waals surface area contributed by atoms with Gasteiger partial charge in [0.05, 0.1) is 35.8 Å². The van der Waals surface area contributed by atoms with E-state index in [-0.39, 0.29) is 22.1 Å². The van der Waals surface area contributed by atoms with Gasteiger partial charge in [-0.25, -0.2) is 22.8 Å². The van der Waals surface area contributed by atoms with Crippen LogP contribution in [0.5, 0.6) is 11.5 Å². The number of nitrogens with one attached hydrogen (secondary N) is 2. The minimum absolute atomic E-state index is 0.0182. The highest BCUT2D eigenvalue weighted by molar-refractivity contribution is 7.92. The summed E-state index contributed by atoms with van der Waals surface area (Å²) in [6, 6.07) is 15.7. The van der Waals surface area contributed by atoms with Crippen molar-refractivity contribution in [2.75, 3.05) is 24.3 Å². The molecule has 170 valence electrons. The summed E-state index contributed by atoms with van der Waals surface area (Å²) in [6.07, 6.45) is 0. The van der Waals surface area contributed by atoms with Crippen molar-refractivity contribution >= 4 is 38.4 Å². The van der Waals surface area contributed by atoms with E-state index in [2.05, 4.69) is 20.0 Å². The van der Waals surface area contributed by atoms with E-state index in [9.17, 15) is 12.8 Å². The third-order valence-corrected chi connectivity index (χ3v) is 6.39. The molecule has 0 aliphatic heterocycles. The van der Waals surface area contributed by atoms with Crippen molar-refractivity contribution in [2.24, 2.45) is 0 Å². The number of hydrogen-bond acceptors (Lipinski definition) is 7. The number of benzene rings is 3. The van der Waals surface area contributed by atoms with Gasteiger partial charge in [-0.05, 0) is 55.0 Å². The molecule has 4 aromatic rings. The molecule has 1 heterocycles. The summed E-state index contributed by atoms with van der Waals surface area (Å²) in [4.78, 5) is 8.96. The van der Waals surface area contributed by atoms with Crippen molar-refractivity contribution in [1.82, 2.24) is 9.97 Å². The van der Waals surface area contributed by atoms with Crippen molar-refractivity contribution in [3.63, 3.8) is 0 Å². The SMILES string of the molecule is COc1ccc(Nc2nc3ccccc3nc2NS(=O)(=O)c2ccc(F)cc2C)c(OC)c1. The molecule has 0 spiro atoms. The lowest BCUT2D eigenvalue weighted by Crippen LogP contribution is -2.17. The molecule has 1 aromatic heterocycles. The lowest BCUT2D eigenvalue weighted by atomic mass is 10.2. The molecule has 4 rings (SSSR count). The maximum absolute atomic E-state index is 13.5. The van der Waals surface area contributed by atoms with E-state index in [1.54, 1.807) is 49.6 Å². The van der Waals surface area contributed by atoms with Crippen LogP contribution in [0.25, 0.3) is 11.0 Å². The third-order valence-electron chi connectivity index (χ3n) is 4.89. The summed E-state index contributed by atoms with van der Waals surface area (Å²) in [5.41, 5.74) is 1.86. The average molecular weight is 469 g/mol. The maximum Gasteiger partial charge on any atom is 0.263 e. The number of methoxy groups -OCH3 is 2. The summed E-state index contributed by atoms with van der Waals surface area (Å²) in [7, 11) is -1.03. The monoisotopic (exact) mass is 468 g/mol. The first kappa shape index (κ1) is 22.3. The molecule has 33 heavy (non-hydrogen) atoms. The van der Waals surface area contributed by atoms with Crippen LogP contribution in [0, 0.1) is 12.7 Å². The number of sulfonamides is 1. The molecule has 0 fully saturated rings. The number of nitrogens with zero attached hydrogens (tertiary/aromatic N) is 2. The Morgan fingerprint density at radius 2 is 1.58 bits per heavy atom. The minimum Gasteiger partial charge on any atom is -0.497 e. The number of anilines is 3. The second-order valence-corrected chi connectivity index (χ2v) is 8.77. The summed E-state index contributed by atoms with van der Waals surface area (Å²) >= 11 is 0. The number of halogens is 1. The molecular weight excluding hydrogens is 447 g/mol. The highest BCUT2D eigenvalue weighted by Gasteiger charge is 2.22. The van der Waals surface area contributed by atoms with Crippen LogP contribution in [-0.4, -0.2) is 32.6 Å². The molecule has 0 atom stereocenters. The van der Waals surface area contributed by atoms with Crippen LogP contribution in [0.4, 0.5) is 21.7 Å². The molecule has 0 saturated heterocycles. The van der Waals surface area contributed by atoms with Crippen LogP contribution in [0.3, 0.4) is 0 Å². The minimum atomic E-state index is -4.08. The first-order valence-electron chi connectivity index (χ1n) is 9.85. The van der Waals surface area contributed by atoms with Crippen LogP contribution in [-0.2, 0) is 10.0 Å². The Hall–Kier alpha value is -3.92. The molecule has 0 aliphatic rings. The molecule has 0 bridgehead atoms. The van der Waals surface area contributed by atoms with Gasteiger partial charge in [0, 0.05) is 6.07 Å². The highest BCUT2D eigenvalue weighted by Crippen LogP contribution is 2.34. The number of hydrogen-bond donors (Lipinski definition) is 2. The van der Waals surface area contributed by atoms with Gasteiger partial charge in [-0.15, -0.1) is 0 Å². The molecule has 0 amide bonds. The van der Waals surface area contributed by atoms with Gasteiger partial charge in [-0.1, -0.05) is 12.1 Å². The van der Waals surface area contributed by atoms with Crippen LogP contribution in [0.1, 0.15) is 5.56 Å². The summed E-state index contributed by atoms with van der Waals surface area (Å²) in [5, 5.41) is 3.09.